The van der Waals surface area contributed by atoms with Crippen molar-refractivity contribution in [3.8, 4) is 23.8 Å². The van der Waals surface area contributed by atoms with Gasteiger partial charge in [-0.1, -0.05) is 5.92 Å². The number of ether oxygens (including phenoxy) is 2. The molecule has 1 aromatic carbocycles. The third-order valence-corrected chi connectivity index (χ3v) is 2.15. The summed E-state index contributed by atoms with van der Waals surface area (Å²) in [5, 5.41) is 9.47. The fourth-order valence-electron chi connectivity index (χ4n) is 1.43. The highest BCUT2D eigenvalue weighted by atomic mass is 16.7. The van der Waals surface area contributed by atoms with Crippen LogP contribution in [0.1, 0.15) is 24.2 Å². The van der Waals surface area contributed by atoms with Crippen LogP contribution in [0.25, 0.3) is 0 Å². The van der Waals surface area contributed by atoms with Crippen LogP contribution in [0.4, 0.5) is 0 Å². The van der Waals surface area contributed by atoms with Crippen LogP contribution in [-0.2, 0) is 0 Å². The van der Waals surface area contributed by atoms with Crippen LogP contribution in [0.5, 0.6) is 11.5 Å². The van der Waals surface area contributed by atoms with Gasteiger partial charge in [-0.05, 0) is 18.6 Å². The second kappa shape index (κ2) is 3.24. The Morgan fingerprint density at radius 2 is 2.07 bits per heavy atom. The lowest BCUT2D eigenvalue weighted by Crippen LogP contribution is -1.95. The van der Waals surface area contributed by atoms with Gasteiger partial charge < -0.3 is 14.6 Å². The highest BCUT2D eigenvalue weighted by molar-refractivity contribution is 5.54. The summed E-state index contributed by atoms with van der Waals surface area (Å²) in [7, 11) is 0. The summed E-state index contributed by atoms with van der Waals surface area (Å²) >= 11 is 0. The Labute approximate surface area is 82.3 Å². The predicted molar refractivity (Wildman–Crippen MR) is 51.1 cm³/mol. The van der Waals surface area contributed by atoms with E-state index in [0.717, 1.165) is 0 Å². The first kappa shape index (κ1) is 8.92. The molecule has 0 bridgehead atoms. The minimum absolute atomic E-state index is 0.211. The topological polar surface area (TPSA) is 38.7 Å². The molecule has 1 heterocycles. The average Bonchev–Trinajstić information content (AvgIpc) is 2.62. The van der Waals surface area contributed by atoms with Gasteiger partial charge in [-0.25, -0.2) is 0 Å². The number of terminal acetylenes is 1. The van der Waals surface area contributed by atoms with Crippen molar-refractivity contribution in [3.05, 3.63) is 23.3 Å². The van der Waals surface area contributed by atoms with E-state index in [0.29, 0.717) is 22.6 Å². The highest BCUT2D eigenvalue weighted by Crippen LogP contribution is 2.36. The van der Waals surface area contributed by atoms with E-state index in [9.17, 15) is 5.11 Å². The Hall–Kier alpha value is -1.66. The smallest absolute Gasteiger partial charge is 0.231 e. The third-order valence-electron chi connectivity index (χ3n) is 2.15. The zero-order chi connectivity index (χ0) is 10.1. The van der Waals surface area contributed by atoms with Gasteiger partial charge >= 0.3 is 0 Å². The average molecular weight is 190 g/mol. The zero-order valence-corrected chi connectivity index (χ0v) is 7.78. The number of benzene rings is 1. The van der Waals surface area contributed by atoms with Crippen molar-refractivity contribution in [3.63, 3.8) is 0 Å². The summed E-state index contributed by atoms with van der Waals surface area (Å²) in [5.74, 6) is 3.79. The molecule has 2 rings (SSSR count). The largest absolute Gasteiger partial charge is 0.454 e. The Bertz CT molecular complexity index is 402. The zero-order valence-electron chi connectivity index (χ0n) is 7.78. The molecule has 0 fully saturated rings. The molecule has 3 nitrogen and oxygen atoms in total. The van der Waals surface area contributed by atoms with E-state index >= 15 is 0 Å². The molecule has 0 saturated carbocycles. The number of aliphatic hydroxyl groups is 1. The van der Waals surface area contributed by atoms with E-state index in [1.54, 1.807) is 19.1 Å². The molecule has 1 N–H and O–H groups in total. The maximum atomic E-state index is 9.47. The molecule has 14 heavy (non-hydrogen) atoms. The first-order chi connectivity index (χ1) is 6.72. The van der Waals surface area contributed by atoms with Gasteiger partial charge in [0, 0.05) is 11.6 Å². The van der Waals surface area contributed by atoms with Crippen LogP contribution in [0.2, 0.25) is 0 Å². The summed E-state index contributed by atoms with van der Waals surface area (Å²) in [5.41, 5.74) is 1.33. The van der Waals surface area contributed by atoms with E-state index in [2.05, 4.69) is 5.92 Å². The molecule has 0 radical (unpaired) electrons. The summed E-state index contributed by atoms with van der Waals surface area (Å²) < 4.78 is 10.4. The molecule has 72 valence electrons. The summed E-state index contributed by atoms with van der Waals surface area (Å²) in [6.07, 6.45) is 4.72. The van der Waals surface area contributed by atoms with Crippen molar-refractivity contribution in [2.75, 3.05) is 6.79 Å². The minimum atomic E-state index is -0.601. The number of hydrogen-bond acceptors (Lipinski definition) is 3. The molecule has 1 aliphatic rings. The van der Waals surface area contributed by atoms with Gasteiger partial charge in [0.1, 0.15) is 0 Å². The van der Waals surface area contributed by atoms with Crippen molar-refractivity contribution in [2.45, 2.75) is 13.0 Å². The highest BCUT2D eigenvalue weighted by Gasteiger charge is 2.18. The van der Waals surface area contributed by atoms with Crippen LogP contribution in [0.15, 0.2) is 12.1 Å². The van der Waals surface area contributed by atoms with Crippen LogP contribution >= 0.6 is 0 Å². The Morgan fingerprint density at radius 3 is 2.64 bits per heavy atom. The molecule has 0 amide bonds. The predicted octanol–water partition coefficient (Wildman–Crippen LogP) is 1.45. The lowest BCUT2D eigenvalue weighted by Gasteiger charge is -2.08. The number of aliphatic hydroxyl groups excluding tert-OH is 1. The standard InChI is InChI=1S/C11H10O3/c1-3-8-4-10-11(14-6-13-10)5-9(8)7(2)12/h1,4-5,7,12H,6H2,2H3. The van der Waals surface area contributed by atoms with Gasteiger partial charge in [-0.3, -0.25) is 0 Å². The first-order valence-electron chi connectivity index (χ1n) is 4.30. The molecule has 1 aromatic rings. The number of hydrogen-bond donors (Lipinski definition) is 1. The van der Waals surface area contributed by atoms with E-state index in [1.165, 1.54) is 0 Å². The summed E-state index contributed by atoms with van der Waals surface area (Å²) in [6.45, 7) is 1.88. The van der Waals surface area contributed by atoms with E-state index in [4.69, 9.17) is 15.9 Å². The van der Waals surface area contributed by atoms with Crippen molar-refractivity contribution < 1.29 is 14.6 Å². The molecule has 0 aromatic heterocycles. The van der Waals surface area contributed by atoms with Gasteiger partial charge in [-0.2, -0.15) is 0 Å². The van der Waals surface area contributed by atoms with Gasteiger partial charge in [-0.15, -0.1) is 6.42 Å². The molecule has 0 spiro atoms. The van der Waals surface area contributed by atoms with E-state index in [-0.39, 0.29) is 6.79 Å². The number of fused-ring (bicyclic) bond motifs is 1. The monoisotopic (exact) mass is 190 g/mol. The Kier molecular flexibility index (Phi) is 2.06. The molecular formula is C11H10O3. The normalized spacial score (nSPS) is 14.9. The lowest BCUT2D eigenvalue weighted by atomic mass is 10.0. The third kappa shape index (κ3) is 1.30. The van der Waals surface area contributed by atoms with Crippen LogP contribution in [0.3, 0.4) is 0 Å². The maximum Gasteiger partial charge on any atom is 0.231 e. The van der Waals surface area contributed by atoms with Crippen LogP contribution in [0, 0.1) is 12.3 Å². The summed E-state index contributed by atoms with van der Waals surface area (Å²) in [4.78, 5) is 0. The fraction of sp³-hybridized carbons (Fsp3) is 0.273. The molecule has 1 aliphatic heterocycles. The van der Waals surface area contributed by atoms with Gasteiger partial charge in [0.2, 0.25) is 6.79 Å². The minimum Gasteiger partial charge on any atom is -0.454 e. The molecular weight excluding hydrogens is 180 g/mol. The van der Waals surface area contributed by atoms with Crippen LogP contribution < -0.4 is 9.47 Å². The van der Waals surface area contributed by atoms with E-state index < -0.39 is 6.10 Å². The fourth-order valence-corrected chi connectivity index (χ4v) is 1.43. The van der Waals surface area contributed by atoms with Gasteiger partial charge in [0.15, 0.2) is 11.5 Å². The van der Waals surface area contributed by atoms with Crippen molar-refractivity contribution in [1.29, 1.82) is 0 Å². The second-order valence-electron chi connectivity index (χ2n) is 3.11. The molecule has 1 atom stereocenters. The molecule has 0 aliphatic carbocycles. The quantitative estimate of drug-likeness (QED) is 0.681. The second-order valence-corrected chi connectivity index (χ2v) is 3.11. The molecule has 3 heteroatoms. The maximum absolute atomic E-state index is 9.47. The van der Waals surface area contributed by atoms with Crippen LogP contribution in [-0.4, -0.2) is 11.9 Å². The molecule has 1 unspecified atom stereocenters. The number of rotatable bonds is 1. The first-order valence-corrected chi connectivity index (χ1v) is 4.30. The SMILES string of the molecule is C#Cc1cc2c(cc1C(C)O)OCO2. The molecule has 0 saturated heterocycles. The van der Waals surface area contributed by atoms with Gasteiger partial charge in [0.05, 0.1) is 6.10 Å². The Morgan fingerprint density at radius 1 is 1.43 bits per heavy atom. The Balaban J connectivity index is 2.56. The van der Waals surface area contributed by atoms with Crippen molar-refractivity contribution in [1.82, 2.24) is 0 Å². The lowest BCUT2D eigenvalue weighted by molar-refractivity contribution is 0.173. The van der Waals surface area contributed by atoms with E-state index in [1.807, 2.05) is 0 Å². The summed E-state index contributed by atoms with van der Waals surface area (Å²) in [6, 6.07) is 3.44. The van der Waals surface area contributed by atoms with Crippen molar-refractivity contribution in [2.24, 2.45) is 0 Å². The van der Waals surface area contributed by atoms with Gasteiger partial charge in [0.25, 0.3) is 0 Å². The van der Waals surface area contributed by atoms with Crippen molar-refractivity contribution >= 4 is 0 Å².